The lowest BCUT2D eigenvalue weighted by atomic mass is 9.96. The van der Waals surface area contributed by atoms with Crippen LogP contribution < -0.4 is 11.3 Å². The van der Waals surface area contributed by atoms with Crippen LogP contribution in [0.2, 0.25) is 0 Å². The number of hydrogen-bond donors (Lipinski definition) is 2. The van der Waals surface area contributed by atoms with Crippen molar-refractivity contribution in [3.8, 4) is 0 Å². The molecule has 0 heterocycles. The van der Waals surface area contributed by atoms with E-state index in [4.69, 9.17) is 5.84 Å². The molecule has 3 N–H and O–H groups in total. The van der Waals surface area contributed by atoms with Gasteiger partial charge < -0.3 is 0 Å². The Balaban J connectivity index is 2.14. The molecule has 0 radical (unpaired) electrons. The summed E-state index contributed by atoms with van der Waals surface area (Å²) < 4.78 is 13.3. The average molecular weight is 272 g/mol. The molecule has 0 bridgehead atoms. The van der Waals surface area contributed by atoms with Crippen LogP contribution in [0.25, 0.3) is 0 Å². The summed E-state index contributed by atoms with van der Waals surface area (Å²) in [5.74, 6) is 5.89. The zero-order valence-corrected chi connectivity index (χ0v) is 11.9. The fourth-order valence-corrected chi connectivity index (χ4v) is 2.27. The van der Waals surface area contributed by atoms with Crippen LogP contribution in [0.4, 0.5) is 4.39 Å². The van der Waals surface area contributed by atoms with Crippen molar-refractivity contribution in [2.75, 3.05) is 0 Å². The van der Waals surface area contributed by atoms with Crippen LogP contribution in [0.15, 0.2) is 48.5 Å². The van der Waals surface area contributed by atoms with E-state index in [0.29, 0.717) is 5.92 Å². The molecule has 0 aromatic heterocycles. The van der Waals surface area contributed by atoms with Crippen molar-refractivity contribution in [1.29, 1.82) is 0 Å². The third-order valence-electron chi connectivity index (χ3n) is 3.54. The lowest BCUT2D eigenvalue weighted by Gasteiger charge is -2.17. The molecule has 0 amide bonds. The first-order valence-electron chi connectivity index (χ1n) is 6.90. The van der Waals surface area contributed by atoms with Gasteiger partial charge in [0.2, 0.25) is 0 Å². The maximum atomic E-state index is 13.3. The van der Waals surface area contributed by atoms with E-state index in [0.717, 1.165) is 12.0 Å². The minimum Gasteiger partial charge on any atom is -0.271 e. The maximum Gasteiger partial charge on any atom is 0.123 e. The summed E-state index contributed by atoms with van der Waals surface area (Å²) in [5.41, 5.74) is 6.12. The molecule has 0 saturated heterocycles. The van der Waals surface area contributed by atoms with Crippen molar-refractivity contribution in [2.24, 2.45) is 5.84 Å². The number of nitrogens with two attached hydrogens (primary N) is 1. The van der Waals surface area contributed by atoms with E-state index in [2.05, 4.69) is 43.5 Å². The molecule has 0 aliphatic heterocycles. The summed E-state index contributed by atoms with van der Waals surface area (Å²) in [6.07, 6.45) is 0.734. The van der Waals surface area contributed by atoms with Crippen LogP contribution in [0.5, 0.6) is 0 Å². The van der Waals surface area contributed by atoms with Crippen LogP contribution in [-0.2, 0) is 6.42 Å². The second-order valence-corrected chi connectivity index (χ2v) is 5.37. The number of hydrogen-bond acceptors (Lipinski definition) is 2. The summed E-state index contributed by atoms with van der Waals surface area (Å²) in [7, 11) is 0. The van der Waals surface area contributed by atoms with Crippen molar-refractivity contribution < 1.29 is 4.39 Å². The van der Waals surface area contributed by atoms with E-state index in [1.165, 1.54) is 23.3 Å². The first-order chi connectivity index (χ1) is 9.60. The van der Waals surface area contributed by atoms with E-state index in [1.807, 2.05) is 6.07 Å². The van der Waals surface area contributed by atoms with Crippen LogP contribution in [-0.4, -0.2) is 0 Å². The molecule has 1 atom stereocenters. The van der Waals surface area contributed by atoms with Crippen molar-refractivity contribution in [1.82, 2.24) is 5.43 Å². The van der Waals surface area contributed by atoms with Gasteiger partial charge in [-0.1, -0.05) is 50.2 Å². The van der Waals surface area contributed by atoms with Gasteiger partial charge in [-0.15, -0.1) is 0 Å². The SMILES string of the molecule is CC(C)c1ccc(CC(NN)c2cccc(F)c2)cc1. The minimum atomic E-state index is -0.238. The molecule has 0 spiro atoms. The molecule has 20 heavy (non-hydrogen) atoms. The van der Waals surface area contributed by atoms with E-state index in [-0.39, 0.29) is 11.9 Å². The number of nitrogens with one attached hydrogen (secondary N) is 1. The summed E-state index contributed by atoms with van der Waals surface area (Å²) in [4.78, 5) is 0. The van der Waals surface area contributed by atoms with Crippen molar-refractivity contribution in [3.05, 3.63) is 71.0 Å². The second-order valence-electron chi connectivity index (χ2n) is 5.37. The predicted octanol–water partition coefficient (Wildman–Crippen LogP) is 3.70. The molecule has 2 nitrogen and oxygen atoms in total. The normalized spacial score (nSPS) is 12.7. The van der Waals surface area contributed by atoms with Crippen LogP contribution in [0, 0.1) is 5.82 Å². The Kier molecular flexibility index (Phi) is 4.88. The molecule has 3 heteroatoms. The Morgan fingerprint density at radius 1 is 1.05 bits per heavy atom. The Morgan fingerprint density at radius 2 is 1.75 bits per heavy atom. The second kappa shape index (κ2) is 6.64. The fraction of sp³-hybridized carbons (Fsp3) is 0.294. The Hall–Kier alpha value is -1.71. The number of rotatable bonds is 5. The summed E-state index contributed by atoms with van der Waals surface area (Å²) >= 11 is 0. The Bertz CT molecular complexity index is 549. The van der Waals surface area contributed by atoms with Gasteiger partial charge in [-0.3, -0.25) is 11.3 Å². The monoisotopic (exact) mass is 272 g/mol. The number of hydrazine groups is 1. The third kappa shape index (κ3) is 3.65. The van der Waals surface area contributed by atoms with Gasteiger partial charge in [-0.05, 0) is 41.2 Å². The molecule has 2 aromatic rings. The highest BCUT2D eigenvalue weighted by molar-refractivity contribution is 5.28. The van der Waals surface area contributed by atoms with E-state index >= 15 is 0 Å². The van der Waals surface area contributed by atoms with Crippen LogP contribution >= 0.6 is 0 Å². The largest absolute Gasteiger partial charge is 0.271 e. The number of benzene rings is 2. The highest BCUT2D eigenvalue weighted by Crippen LogP contribution is 2.20. The Morgan fingerprint density at radius 3 is 2.30 bits per heavy atom. The molecule has 106 valence electrons. The van der Waals surface area contributed by atoms with Gasteiger partial charge in [-0.2, -0.15) is 0 Å². The molecular formula is C17H21FN2. The van der Waals surface area contributed by atoms with Gasteiger partial charge in [-0.25, -0.2) is 4.39 Å². The van der Waals surface area contributed by atoms with E-state index in [9.17, 15) is 4.39 Å². The lowest BCUT2D eigenvalue weighted by molar-refractivity contribution is 0.544. The smallest absolute Gasteiger partial charge is 0.123 e. The van der Waals surface area contributed by atoms with Crippen LogP contribution in [0.1, 0.15) is 42.5 Å². The molecular weight excluding hydrogens is 251 g/mol. The van der Waals surface area contributed by atoms with Gasteiger partial charge in [0.05, 0.1) is 6.04 Å². The molecule has 0 aliphatic carbocycles. The molecule has 2 aromatic carbocycles. The van der Waals surface area contributed by atoms with E-state index in [1.54, 1.807) is 6.07 Å². The van der Waals surface area contributed by atoms with Gasteiger partial charge in [0, 0.05) is 0 Å². The third-order valence-corrected chi connectivity index (χ3v) is 3.54. The molecule has 2 rings (SSSR count). The van der Waals surface area contributed by atoms with Gasteiger partial charge in [0.15, 0.2) is 0 Å². The average Bonchev–Trinajstić information content (AvgIpc) is 2.45. The fourth-order valence-electron chi connectivity index (χ4n) is 2.27. The lowest BCUT2D eigenvalue weighted by Crippen LogP contribution is -2.29. The highest BCUT2D eigenvalue weighted by atomic mass is 19.1. The zero-order chi connectivity index (χ0) is 14.5. The van der Waals surface area contributed by atoms with Gasteiger partial charge >= 0.3 is 0 Å². The quantitative estimate of drug-likeness (QED) is 0.643. The van der Waals surface area contributed by atoms with Crippen molar-refractivity contribution in [3.63, 3.8) is 0 Å². The number of halogens is 1. The zero-order valence-electron chi connectivity index (χ0n) is 11.9. The first kappa shape index (κ1) is 14.7. The summed E-state index contributed by atoms with van der Waals surface area (Å²) in [6, 6.07) is 15.0. The van der Waals surface area contributed by atoms with Crippen LogP contribution in [0.3, 0.4) is 0 Å². The standard InChI is InChI=1S/C17H21FN2/c1-12(2)14-8-6-13(7-9-14)10-17(20-19)15-4-3-5-16(18)11-15/h3-9,11-12,17,20H,10,19H2,1-2H3. The Labute approximate surface area is 119 Å². The molecule has 1 unspecified atom stereocenters. The molecule has 0 saturated carbocycles. The van der Waals surface area contributed by atoms with Gasteiger partial charge in [0.1, 0.15) is 5.82 Å². The predicted molar refractivity (Wildman–Crippen MR) is 80.7 cm³/mol. The van der Waals surface area contributed by atoms with Crippen molar-refractivity contribution in [2.45, 2.75) is 32.2 Å². The van der Waals surface area contributed by atoms with Gasteiger partial charge in [0.25, 0.3) is 0 Å². The maximum absolute atomic E-state index is 13.3. The topological polar surface area (TPSA) is 38.0 Å². The first-order valence-corrected chi connectivity index (χ1v) is 6.90. The van der Waals surface area contributed by atoms with Crippen molar-refractivity contribution >= 4 is 0 Å². The molecule has 0 aliphatic rings. The highest BCUT2D eigenvalue weighted by Gasteiger charge is 2.11. The summed E-state index contributed by atoms with van der Waals surface area (Å²) in [5, 5.41) is 0. The molecule has 0 fully saturated rings. The van der Waals surface area contributed by atoms with E-state index < -0.39 is 0 Å². The summed E-state index contributed by atoms with van der Waals surface area (Å²) in [6.45, 7) is 4.35. The minimum absolute atomic E-state index is 0.0874.